The van der Waals surface area contributed by atoms with E-state index in [1.165, 1.54) is 11.3 Å². The lowest BCUT2D eigenvalue weighted by Crippen LogP contribution is -2.56. The topological polar surface area (TPSA) is 62.7 Å². The summed E-state index contributed by atoms with van der Waals surface area (Å²) in [5.74, 6) is -0.0279. The first-order valence-electron chi connectivity index (χ1n) is 8.78. The van der Waals surface area contributed by atoms with E-state index in [0.717, 1.165) is 12.0 Å². The minimum atomic E-state index is -0.463. The summed E-state index contributed by atoms with van der Waals surface area (Å²) in [5, 5.41) is 1.76. The predicted molar refractivity (Wildman–Crippen MR) is 97.8 cm³/mol. The predicted octanol–water partition coefficient (Wildman–Crippen LogP) is 2.18. The fraction of sp³-hybridized carbons (Fsp3) is 0.421. The molecule has 4 rings (SSSR count). The molecule has 1 aromatic carbocycles. The minimum absolute atomic E-state index is 0.0768. The zero-order valence-electron chi connectivity index (χ0n) is 14.5. The molecule has 2 aromatic rings. The number of rotatable bonds is 3. The van der Waals surface area contributed by atoms with Gasteiger partial charge in [-0.05, 0) is 12.0 Å². The van der Waals surface area contributed by atoms with Crippen LogP contribution in [0.5, 0.6) is 0 Å². The number of carbonyl (C=O) groups is 2. The highest BCUT2D eigenvalue weighted by Crippen LogP contribution is 2.32. The molecule has 0 radical (unpaired) electrons. The van der Waals surface area contributed by atoms with Crippen LogP contribution in [0.15, 0.2) is 41.2 Å². The van der Waals surface area contributed by atoms with Gasteiger partial charge in [0.05, 0.1) is 17.7 Å². The van der Waals surface area contributed by atoms with Gasteiger partial charge in [-0.15, -0.1) is 11.3 Å². The summed E-state index contributed by atoms with van der Waals surface area (Å²) >= 11 is 1.40. The summed E-state index contributed by atoms with van der Waals surface area (Å²) in [6.07, 6.45) is 1.07. The SMILES string of the molecule is O=C(c1cscn1)N1CCC(=O)N(Cc2ccccc2)C2(CCOC2)C1. The largest absolute Gasteiger partial charge is 0.379 e. The monoisotopic (exact) mass is 371 g/mol. The van der Waals surface area contributed by atoms with Crippen LogP contribution in [0.2, 0.25) is 0 Å². The summed E-state index contributed by atoms with van der Waals surface area (Å²) in [5.41, 5.74) is 2.74. The number of benzene rings is 1. The van der Waals surface area contributed by atoms with Crippen molar-refractivity contribution >= 4 is 23.2 Å². The number of carbonyl (C=O) groups excluding carboxylic acids is 2. The molecule has 2 saturated heterocycles. The third kappa shape index (κ3) is 3.24. The van der Waals surface area contributed by atoms with Crippen LogP contribution in [-0.2, 0) is 16.1 Å². The van der Waals surface area contributed by atoms with E-state index in [-0.39, 0.29) is 11.8 Å². The molecule has 2 fully saturated rings. The highest BCUT2D eigenvalue weighted by Gasteiger charge is 2.47. The number of hydrogen-bond acceptors (Lipinski definition) is 5. The van der Waals surface area contributed by atoms with Crippen LogP contribution in [0.3, 0.4) is 0 Å². The Kier molecular flexibility index (Phi) is 4.74. The maximum Gasteiger partial charge on any atom is 0.273 e. The zero-order chi connectivity index (χ0) is 18.0. The highest BCUT2D eigenvalue weighted by atomic mass is 32.1. The molecule has 6 nitrogen and oxygen atoms in total. The molecule has 0 N–H and O–H groups in total. The van der Waals surface area contributed by atoms with Gasteiger partial charge < -0.3 is 14.5 Å². The lowest BCUT2D eigenvalue weighted by atomic mass is 9.94. The molecule has 0 bridgehead atoms. The molecule has 2 aliphatic rings. The Balaban J connectivity index is 1.62. The summed E-state index contributed by atoms with van der Waals surface area (Å²) < 4.78 is 5.68. The van der Waals surface area contributed by atoms with Crippen molar-refractivity contribution in [3.05, 3.63) is 52.5 Å². The molecular weight excluding hydrogens is 350 g/mol. The highest BCUT2D eigenvalue weighted by molar-refractivity contribution is 7.07. The second-order valence-electron chi connectivity index (χ2n) is 6.84. The first-order chi connectivity index (χ1) is 12.7. The summed E-state index contributed by atoms with van der Waals surface area (Å²) in [4.78, 5) is 33.6. The van der Waals surface area contributed by atoms with Crippen LogP contribution < -0.4 is 0 Å². The lowest BCUT2D eigenvalue weighted by molar-refractivity contribution is -0.137. The normalized spacial score (nSPS) is 23.5. The Morgan fingerprint density at radius 2 is 2.15 bits per heavy atom. The molecule has 1 spiro atoms. The molecule has 3 heterocycles. The van der Waals surface area contributed by atoms with Crippen molar-refractivity contribution in [1.29, 1.82) is 0 Å². The smallest absolute Gasteiger partial charge is 0.273 e. The van der Waals surface area contributed by atoms with Gasteiger partial charge in [-0.25, -0.2) is 4.98 Å². The van der Waals surface area contributed by atoms with Crippen LogP contribution in [0.25, 0.3) is 0 Å². The van der Waals surface area contributed by atoms with E-state index in [4.69, 9.17) is 4.74 Å². The lowest BCUT2D eigenvalue weighted by Gasteiger charge is -2.40. The Hall–Kier alpha value is -2.25. The van der Waals surface area contributed by atoms with Gasteiger partial charge >= 0.3 is 0 Å². The van der Waals surface area contributed by atoms with Gasteiger partial charge in [0, 0.05) is 38.0 Å². The van der Waals surface area contributed by atoms with Crippen molar-refractivity contribution in [2.75, 3.05) is 26.3 Å². The third-order valence-corrected chi connectivity index (χ3v) is 5.75. The van der Waals surface area contributed by atoms with Crippen molar-refractivity contribution in [2.24, 2.45) is 0 Å². The Bertz CT molecular complexity index is 773. The number of ether oxygens (including phenoxy) is 1. The van der Waals surface area contributed by atoms with E-state index >= 15 is 0 Å². The van der Waals surface area contributed by atoms with Gasteiger partial charge in [0.2, 0.25) is 5.91 Å². The number of thiazole rings is 1. The van der Waals surface area contributed by atoms with E-state index in [9.17, 15) is 9.59 Å². The zero-order valence-corrected chi connectivity index (χ0v) is 15.3. The summed E-state index contributed by atoms with van der Waals surface area (Å²) in [7, 11) is 0. The second kappa shape index (κ2) is 7.17. The first-order valence-corrected chi connectivity index (χ1v) is 9.72. The number of nitrogens with zero attached hydrogens (tertiary/aromatic N) is 3. The maximum atomic E-state index is 13.0. The van der Waals surface area contributed by atoms with Crippen LogP contribution in [0, 0.1) is 0 Å². The van der Waals surface area contributed by atoms with Crippen LogP contribution in [-0.4, -0.2) is 58.4 Å². The molecule has 1 aromatic heterocycles. The van der Waals surface area contributed by atoms with E-state index in [1.54, 1.807) is 15.8 Å². The van der Waals surface area contributed by atoms with Crippen molar-refractivity contribution < 1.29 is 14.3 Å². The van der Waals surface area contributed by atoms with Crippen LogP contribution in [0.1, 0.15) is 28.9 Å². The van der Waals surface area contributed by atoms with Gasteiger partial charge in [0.15, 0.2) is 0 Å². The minimum Gasteiger partial charge on any atom is -0.379 e. The Morgan fingerprint density at radius 1 is 1.31 bits per heavy atom. The fourth-order valence-electron chi connectivity index (χ4n) is 3.76. The summed E-state index contributed by atoms with van der Waals surface area (Å²) in [6, 6.07) is 9.98. The van der Waals surface area contributed by atoms with Gasteiger partial charge in [-0.1, -0.05) is 30.3 Å². The number of amides is 2. The second-order valence-corrected chi connectivity index (χ2v) is 7.56. The van der Waals surface area contributed by atoms with Crippen molar-refractivity contribution in [3.63, 3.8) is 0 Å². The quantitative estimate of drug-likeness (QED) is 0.830. The number of hydrogen-bond donors (Lipinski definition) is 0. The van der Waals surface area contributed by atoms with E-state index in [0.29, 0.717) is 45.0 Å². The maximum absolute atomic E-state index is 13.0. The summed E-state index contributed by atoms with van der Waals surface area (Å²) in [6.45, 7) is 2.52. The van der Waals surface area contributed by atoms with Gasteiger partial charge in [-0.3, -0.25) is 9.59 Å². The molecular formula is C19H21N3O3S. The molecule has 2 amide bonds. The average Bonchev–Trinajstić information content (AvgIpc) is 3.33. The van der Waals surface area contributed by atoms with E-state index in [2.05, 4.69) is 4.98 Å². The fourth-order valence-corrected chi connectivity index (χ4v) is 4.29. The number of aromatic nitrogens is 1. The van der Waals surface area contributed by atoms with E-state index in [1.807, 2.05) is 35.2 Å². The van der Waals surface area contributed by atoms with Crippen molar-refractivity contribution in [3.8, 4) is 0 Å². The molecule has 26 heavy (non-hydrogen) atoms. The molecule has 7 heteroatoms. The standard InChI is InChI=1S/C19H21N3O3S/c23-17-6-8-21(18(24)16-11-26-14-20-16)12-19(7-9-25-13-19)22(17)10-15-4-2-1-3-5-15/h1-5,11,14H,6-10,12-13H2. The molecule has 1 unspecified atom stereocenters. The Morgan fingerprint density at radius 3 is 2.85 bits per heavy atom. The molecule has 0 aliphatic carbocycles. The van der Waals surface area contributed by atoms with Gasteiger partial charge in [0.25, 0.3) is 5.91 Å². The van der Waals surface area contributed by atoms with Gasteiger partial charge in [0.1, 0.15) is 5.69 Å². The molecule has 136 valence electrons. The average molecular weight is 371 g/mol. The van der Waals surface area contributed by atoms with E-state index < -0.39 is 5.54 Å². The molecule has 2 aliphatic heterocycles. The first kappa shape index (κ1) is 17.2. The molecule has 0 saturated carbocycles. The Labute approximate surface area is 156 Å². The third-order valence-electron chi connectivity index (χ3n) is 5.16. The van der Waals surface area contributed by atoms with Crippen LogP contribution in [0.4, 0.5) is 0 Å². The van der Waals surface area contributed by atoms with Crippen LogP contribution >= 0.6 is 11.3 Å². The van der Waals surface area contributed by atoms with Gasteiger partial charge in [-0.2, -0.15) is 0 Å². The molecule has 1 atom stereocenters. The van der Waals surface area contributed by atoms with Crippen molar-refractivity contribution in [1.82, 2.24) is 14.8 Å². The van der Waals surface area contributed by atoms with Crippen molar-refractivity contribution in [2.45, 2.75) is 24.9 Å².